The molecule has 0 heterocycles. The van der Waals surface area contributed by atoms with E-state index in [-0.39, 0.29) is 18.8 Å². The molecule has 0 aliphatic heterocycles. The molecule has 0 saturated carbocycles. The number of hydrogen-bond donors (Lipinski definition) is 1. The number of aliphatic hydroxyl groups is 1. The van der Waals surface area contributed by atoms with E-state index in [1.807, 2.05) is 44.2 Å². The van der Waals surface area contributed by atoms with Gasteiger partial charge in [0.15, 0.2) is 0 Å². The Hall–Kier alpha value is -0.940. The fourth-order valence-electron chi connectivity index (χ4n) is 1.57. The van der Waals surface area contributed by atoms with Gasteiger partial charge in [-0.25, -0.2) is 0 Å². The summed E-state index contributed by atoms with van der Waals surface area (Å²) in [5.41, 5.74) is 1.16. The van der Waals surface area contributed by atoms with Gasteiger partial charge in [-0.2, -0.15) is 0 Å². The average Bonchev–Trinajstić information content (AvgIpc) is 2.45. The van der Waals surface area contributed by atoms with Gasteiger partial charge in [0.1, 0.15) is 0 Å². The van der Waals surface area contributed by atoms with E-state index in [0.29, 0.717) is 26.4 Å². The third kappa shape index (κ3) is 7.28. The molecule has 1 rings (SSSR count). The van der Waals surface area contributed by atoms with Crippen LogP contribution in [-0.4, -0.2) is 43.7 Å². The zero-order chi connectivity index (χ0) is 13.9. The van der Waals surface area contributed by atoms with Crippen LogP contribution in [0.5, 0.6) is 0 Å². The lowest BCUT2D eigenvalue weighted by molar-refractivity contribution is -0.0757. The van der Waals surface area contributed by atoms with Gasteiger partial charge >= 0.3 is 0 Å². The van der Waals surface area contributed by atoms with Crippen LogP contribution in [0.4, 0.5) is 0 Å². The van der Waals surface area contributed by atoms with Crippen LogP contribution in [0.15, 0.2) is 30.3 Å². The van der Waals surface area contributed by atoms with Crippen LogP contribution in [0, 0.1) is 0 Å². The van der Waals surface area contributed by atoms with E-state index in [4.69, 9.17) is 19.3 Å². The quantitative estimate of drug-likeness (QED) is 0.659. The lowest BCUT2D eigenvalue weighted by atomic mass is 10.2. The highest BCUT2D eigenvalue weighted by Crippen LogP contribution is 2.04. The van der Waals surface area contributed by atoms with Crippen molar-refractivity contribution in [3.05, 3.63) is 35.9 Å². The molecule has 0 spiro atoms. The standard InChI is InChI=1S/C15H24O4/c1-13(18-9-8-16)14(2)19-11-10-17-12-15-6-4-3-5-7-15/h3-7,13-14,16H,8-12H2,1-2H3/t13-,14-/m0/s1. The molecule has 0 amide bonds. The van der Waals surface area contributed by atoms with Crippen molar-refractivity contribution in [2.24, 2.45) is 0 Å². The topological polar surface area (TPSA) is 47.9 Å². The molecule has 0 saturated heterocycles. The van der Waals surface area contributed by atoms with Gasteiger partial charge in [-0.15, -0.1) is 0 Å². The largest absolute Gasteiger partial charge is 0.394 e. The molecule has 1 aromatic carbocycles. The van der Waals surface area contributed by atoms with Crippen molar-refractivity contribution >= 4 is 0 Å². The third-order valence-electron chi connectivity index (χ3n) is 2.85. The van der Waals surface area contributed by atoms with Crippen LogP contribution < -0.4 is 0 Å². The lowest BCUT2D eigenvalue weighted by Gasteiger charge is -2.20. The number of aliphatic hydroxyl groups excluding tert-OH is 1. The Labute approximate surface area is 115 Å². The Morgan fingerprint density at radius 1 is 0.947 bits per heavy atom. The van der Waals surface area contributed by atoms with Gasteiger partial charge < -0.3 is 19.3 Å². The van der Waals surface area contributed by atoms with E-state index in [1.54, 1.807) is 0 Å². The number of hydrogen-bond acceptors (Lipinski definition) is 4. The summed E-state index contributed by atoms with van der Waals surface area (Å²) in [6.07, 6.45) is -0.0341. The molecule has 2 atom stereocenters. The van der Waals surface area contributed by atoms with E-state index in [9.17, 15) is 0 Å². The molecule has 1 aromatic rings. The van der Waals surface area contributed by atoms with Gasteiger partial charge in [-0.05, 0) is 19.4 Å². The van der Waals surface area contributed by atoms with Crippen molar-refractivity contribution in [2.45, 2.75) is 32.7 Å². The molecular formula is C15H24O4. The summed E-state index contributed by atoms with van der Waals surface area (Å²) < 4.78 is 16.5. The van der Waals surface area contributed by atoms with Crippen molar-refractivity contribution in [2.75, 3.05) is 26.4 Å². The van der Waals surface area contributed by atoms with Crippen molar-refractivity contribution in [3.63, 3.8) is 0 Å². The summed E-state index contributed by atoms with van der Waals surface area (Å²) >= 11 is 0. The van der Waals surface area contributed by atoms with Crippen LogP contribution in [0.25, 0.3) is 0 Å². The summed E-state index contributed by atoms with van der Waals surface area (Å²) in [6, 6.07) is 10.1. The minimum atomic E-state index is -0.0266. The molecule has 0 radical (unpaired) electrons. The van der Waals surface area contributed by atoms with Crippen molar-refractivity contribution in [1.82, 2.24) is 0 Å². The van der Waals surface area contributed by atoms with Gasteiger partial charge in [-0.1, -0.05) is 30.3 Å². The van der Waals surface area contributed by atoms with Crippen LogP contribution >= 0.6 is 0 Å². The summed E-state index contributed by atoms with van der Waals surface area (Å²) in [5, 5.41) is 8.67. The zero-order valence-corrected chi connectivity index (χ0v) is 11.7. The number of rotatable bonds is 10. The molecule has 108 valence electrons. The summed E-state index contributed by atoms with van der Waals surface area (Å²) in [4.78, 5) is 0. The van der Waals surface area contributed by atoms with Gasteiger partial charge in [-0.3, -0.25) is 0 Å². The maximum Gasteiger partial charge on any atom is 0.0807 e. The Kier molecular flexibility index (Phi) is 8.41. The molecule has 0 bridgehead atoms. The Bertz CT molecular complexity index is 315. The third-order valence-corrected chi connectivity index (χ3v) is 2.85. The predicted molar refractivity (Wildman–Crippen MR) is 74.0 cm³/mol. The van der Waals surface area contributed by atoms with Crippen LogP contribution in [0.3, 0.4) is 0 Å². The van der Waals surface area contributed by atoms with Gasteiger partial charge in [0, 0.05) is 0 Å². The molecule has 0 unspecified atom stereocenters. The fourth-order valence-corrected chi connectivity index (χ4v) is 1.57. The van der Waals surface area contributed by atoms with Crippen molar-refractivity contribution in [3.8, 4) is 0 Å². The van der Waals surface area contributed by atoms with Crippen molar-refractivity contribution < 1.29 is 19.3 Å². The van der Waals surface area contributed by atoms with Gasteiger partial charge in [0.05, 0.1) is 45.2 Å². The first-order valence-corrected chi connectivity index (χ1v) is 6.69. The van der Waals surface area contributed by atoms with Crippen LogP contribution in [-0.2, 0) is 20.8 Å². The monoisotopic (exact) mass is 268 g/mol. The first-order chi connectivity index (χ1) is 9.24. The minimum absolute atomic E-state index is 0.00752. The highest BCUT2D eigenvalue weighted by atomic mass is 16.6. The Balaban J connectivity index is 2.04. The van der Waals surface area contributed by atoms with Crippen molar-refractivity contribution in [1.29, 1.82) is 0 Å². The second-order valence-electron chi connectivity index (χ2n) is 4.41. The highest BCUT2D eigenvalue weighted by Gasteiger charge is 2.12. The van der Waals surface area contributed by atoms with Crippen LogP contribution in [0.1, 0.15) is 19.4 Å². The second-order valence-corrected chi connectivity index (χ2v) is 4.41. The normalized spacial score (nSPS) is 14.3. The van der Waals surface area contributed by atoms with E-state index in [2.05, 4.69) is 0 Å². The number of benzene rings is 1. The first kappa shape index (κ1) is 16.1. The molecule has 4 nitrogen and oxygen atoms in total. The highest BCUT2D eigenvalue weighted by molar-refractivity contribution is 5.13. The molecule has 19 heavy (non-hydrogen) atoms. The van der Waals surface area contributed by atoms with Crippen LogP contribution in [0.2, 0.25) is 0 Å². The SMILES string of the molecule is C[C@H](OCCO)[C@H](C)OCCOCc1ccccc1. The number of ether oxygens (including phenoxy) is 3. The zero-order valence-electron chi connectivity index (χ0n) is 11.7. The fraction of sp³-hybridized carbons (Fsp3) is 0.600. The first-order valence-electron chi connectivity index (χ1n) is 6.69. The second kappa shape index (κ2) is 9.92. The molecule has 4 heteroatoms. The average molecular weight is 268 g/mol. The van der Waals surface area contributed by atoms with Gasteiger partial charge in [0.2, 0.25) is 0 Å². The molecular weight excluding hydrogens is 244 g/mol. The van der Waals surface area contributed by atoms with E-state index < -0.39 is 0 Å². The maximum absolute atomic E-state index is 8.67. The maximum atomic E-state index is 8.67. The molecule has 0 aromatic heterocycles. The molecule has 0 aliphatic carbocycles. The Morgan fingerprint density at radius 3 is 2.21 bits per heavy atom. The molecule has 1 N–H and O–H groups in total. The Morgan fingerprint density at radius 2 is 1.58 bits per heavy atom. The summed E-state index contributed by atoms with van der Waals surface area (Å²) in [6.45, 7) is 5.99. The van der Waals surface area contributed by atoms with E-state index in [1.165, 1.54) is 0 Å². The summed E-state index contributed by atoms with van der Waals surface area (Å²) in [5.74, 6) is 0. The minimum Gasteiger partial charge on any atom is -0.394 e. The van der Waals surface area contributed by atoms with E-state index in [0.717, 1.165) is 5.56 Å². The lowest BCUT2D eigenvalue weighted by Crippen LogP contribution is -2.28. The smallest absolute Gasteiger partial charge is 0.0807 e. The van der Waals surface area contributed by atoms with E-state index >= 15 is 0 Å². The molecule has 0 aliphatic rings. The van der Waals surface area contributed by atoms with Gasteiger partial charge in [0.25, 0.3) is 0 Å². The predicted octanol–water partition coefficient (Wildman–Crippen LogP) is 2.01. The molecule has 0 fully saturated rings. The summed E-state index contributed by atoms with van der Waals surface area (Å²) in [7, 11) is 0.